The lowest BCUT2D eigenvalue weighted by Crippen LogP contribution is -2.23. The van der Waals surface area contributed by atoms with Crippen molar-refractivity contribution in [1.29, 1.82) is 0 Å². The number of hydrogen-bond acceptors (Lipinski definition) is 4. The monoisotopic (exact) mass is 419 g/mol. The van der Waals surface area contributed by atoms with E-state index >= 15 is 0 Å². The maximum Gasteiger partial charge on any atom is 0.340 e. The largest absolute Gasteiger partial charge is 0.483 e. The number of methoxy groups -OCH3 is 1. The van der Waals surface area contributed by atoms with Crippen LogP contribution in [0.4, 0.5) is 5.69 Å². The van der Waals surface area contributed by atoms with Crippen molar-refractivity contribution in [2.75, 3.05) is 19.0 Å². The van der Waals surface area contributed by atoms with Gasteiger partial charge in [-0.05, 0) is 35.2 Å². The van der Waals surface area contributed by atoms with Crippen molar-refractivity contribution < 1.29 is 19.1 Å². The van der Waals surface area contributed by atoms with Crippen molar-refractivity contribution >= 4 is 33.5 Å². The molecule has 1 amide bonds. The highest BCUT2D eigenvalue weighted by molar-refractivity contribution is 9.10. The molecule has 1 N–H and O–H groups in total. The summed E-state index contributed by atoms with van der Waals surface area (Å²) in [7, 11) is 1.29. The van der Waals surface area contributed by atoms with Gasteiger partial charge in [0.1, 0.15) is 5.75 Å². The average molecular weight is 420 g/mol. The fourth-order valence-corrected chi connectivity index (χ4v) is 2.81. The van der Waals surface area contributed by atoms with Crippen LogP contribution in [0.1, 0.15) is 36.7 Å². The first-order valence-corrected chi connectivity index (χ1v) is 8.91. The van der Waals surface area contributed by atoms with E-state index in [-0.39, 0.29) is 23.5 Å². The Morgan fingerprint density at radius 3 is 2.46 bits per heavy atom. The van der Waals surface area contributed by atoms with E-state index in [1.165, 1.54) is 7.11 Å². The molecule has 0 saturated heterocycles. The zero-order valence-corrected chi connectivity index (χ0v) is 16.8. The number of halogens is 1. The van der Waals surface area contributed by atoms with E-state index in [4.69, 9.17) is 9.47 Å². The van der Waals surface area contributed by atoms with E-state index in [1.54, 1.807) is 18.2 Å². The summed E-state index contributed by atoms with van der Waals surface area (Å²) in [4.78, 5) is 24.2. The standard InChI is InChI=1S/C20H22BrNO4/c1-20(2,3)15-7-5-6-8-17(15)26-12-18(23)22-16-10-9-13(21)11-14(16)19(24)25-4/h5-11H,12H2,1-4H3,(H,22,23). The van der Waals surface area contributed by atoms with Crippen LogP contribution in [0, 0.1) is 0 Å². The van der Waals surface area contributed by atoms with Crippen LogP contribution in [0.15, 0.2) is 46.9 Å². The Bertz CT molecular complexity index is 812. The molecule has 0 fully saturated rings. The summed E-state index contributed by atoms with van der Waals surface area (Å²) < 4.78 is 11.2. The lowest BCUT2D eigenvalue weighted by Gasteiger charge is -2.22. The molecule has 26 heavy (non-hydrogen) atoms. The molecule has 0 heterocycles. The maximum absolute atomic E-state index is 12.3. The van der Waals surface area contributed by atoms with Gasteiger partial charge in [0.2, 0.25) is 0 Å². The molecular formula is C20H22BrNO4. The Kier molecular flexibility index (Phi) is 6.42. The van der Waals surface area contributed by atoms with Crippen LogP contribution in [0.2, 0.25) is 0 Å². The van der Waals surface area contributed by atoms with Gasteiger partial charge in [-0.2, -0.15) is 0 Å². The van der Waals surface area contributed by atoms with Crippen molar-refractivity contribution in [1.82, 2.24) is 0 Å². The Balaban J connectivity index is 2.11. The summed E-state index contributed by atoms with van der Waals surface area (Å²) >= 11 is 3.30. The normalized spacial score (nSPS) is 11.0. The van der Waals surface area contributed by atoms with Crippen LogP contribution in [0.5, 0.6) is 5.75 Å². The number of ether oxygens (including phenoxy) is 2. The molecule has 0 aliphatic rings. The minimum absolute atomic E-state index is 0.100. The summed E-state index contributed by atoms with van der Waals surface area (Å²) in [5, 5.41) is 2.70. The number of para-hydroxylation sites is 1. The second kappa shape index (κ2) is 8.36. The van der Waals surface area contributed by atoms with Crippen molar-refractivity contribution in [3.8, 4) is 5.75 Å². The highest BCUT2D eigenvalue weighted by Gasteiger charge is 2.19. The van der Waals surface area contributed by atoms with Crippen LogP contribution < -0.4 is 10.1 Å². The van der Waals surface area contributed by atoms with E-state index in [0.717, 1.165) is 5.56 Å². The van der Waals surface area contributed by atoms with Gasteiger partial charge in [-0.1, -0.05) is 54.9 Å². The van der Waals surface area contributed by atoms with Crippen LogP contribution in [-0.2, 0) is 14.9 Å². The minimum Gasteiger partial charge on any atom is -0.483 e. The van der Waals surface area contributed by atoms with Crippen LogP contribution in [-0.4, -0.2) is 25.6 Å². The first-order valence-electron chi connectivity index (χ1n) is 8.12. The SMILES string of the molecule is COC(=O)c1cc(Br)ccc1NC(=O)COc1ccccc1C(C)(C)C. The summed E-state index contributed by atoms with van der Waals surface area (Å²) in [5.41, 5.74) is 1.56. The molecule has 0 saturated carbocycles. The van der Waals surface area contributed by atoms with Crippen LogP contribution in [0.25, 0.3) is 0 Å². The molecule has 0 atom stereocenters. The third-order valence-corrected chi connectivity index (χ3v) is 4.21. The zero-order chi connectivity index (χ0) is 19.3. The zero-order valence-electron chi connectivity index (χ0n) is 15.3. The highest BCUT2D eigenvalue weighted by atomic mass is 79.9. The first kappa shape index (κ1) is 20.0. The molecule has 0 radical (unpaired) electrons. The Morgan fingerprint density at radius 1 is 1.12 bits per heavy atom. The summed E-state index contributed by atoms with van der Waals surface area (Å²) in [6, 6.07) is 12.6. The molecule has 6 heteroatoms. The molecule has 0 spiro atoms. The number of carbonyl (C=O) groups excluding carboxylic acids is 2. The molecule has 2 aromatic carbocycles. The third-order valence-electron chi connectivity index (χ3n) is 3.71. The fourth-order valence-electron chi connectivity index (χ4n) is 2.45. The minimum atomic E-state index is -0.527. The van der Waals surface area contributed by atoms with E-state index in [2.05, 4.69) is 42.0 Å². The van der Waals surface area contributed by atoms with E-state index in [1.807, 2.05) is 24.3 Å². The molecule has 0 aliphatic carbocycles. The number of esters is 1. The summed E-state index contributed by atoms with van der Waals surface area (Å²) in [6.45, 7) is 6.09. The molecule has 0 unspecified atom stereocenters. The molecule has 0 aromatic heterocycles. The van der Waals surface area contributed by atoms with Gasteiger partial charge < -0.3 is 14.8 Å². The van der Waals surface area contributed by atoms with Crippen LogP contribution in [0.3, 0.4) is 0 Å². The van der Waals surface area contributed by atoms with Crippen LogP contribution >= 0.6 is 15.9 Å². The van der Waals surface area contributed by atoms with E-state index in [9.17, 15) is 9.59 Å². The number of benzene rings is 2. The molecule has 5 nitrogen and oxygen atoms in total. The fraction of sp³-hybridized carbons (Fsp3) is 0.300. The van der Waals surface area contributed by atoms with Crippen molar-refractivity contribution in [3.05, 3.63) is 58.1 Å². The smallest absolute Gasteiger partial charge is 0.340 e. The van der Waals surface area contributed by atoms with Crippen molar-refractivity contribution in [3.63, 3.8) is 0 Å². The highest BCUT2D eigenvalue weighted by Crippen LogP contribution is 2.31. The second-order valence-electron chi connectivity index (χ2n) is 6.76. The van der Waals surface area contributed by atoms with Gasteiger partial charge in [0.25, 0.3) is 5.91 Å². The quantitative estimate of drug-likeness (QED) is 0.721. The van der Waals surface area contributed by atoms with Gasteiger partial charge >= 0.3 is 5.97 Å². The topological polar surface area (TPSA) is 64.6 Å². The van der Waals surface area contributed by atoms with Gasteiger partial charge in [-0.25, -0.2) is 4.79 Å². The number of hydrogen-bond donors (Lipinski definition) is 1. The van der Waals surface area contributed by atoms with Gasteiger partial charge in [-0.3, -0.25) is 4.79 Å². The molecule has 0 aliphatic heterocycles. The van der Waals surface area contributed by atoms with Gasteiger partial charge in [-0.15, -0.1) is 0 Å². The number of anilines is 1. The molecule has 2 rings (SSSR count). The molecular weight excluding hydrogens is 398 g/mol. The average Bonchev–Trinajstić information content (AvgIpc) is 2.60. The summed E-state index contributed by atoms with van der Waals surface area (Å²) in [6.07, 6.45) is 0. The predicted octanol–water partition coefficient (Wildman–Crippen LogP) is 4.55. The maximum atomic E-state index is 12.3. The number of amides is 1. The number of nitrogens with one attached hydrogen (secondary N) is 1. The number of carbonyl (C=O) groups is 2. The van der Waals surface area contributed by atoms with Crippen molar-refractivity contribution in [2.45, 2.75) is 26.2 Å². The lowest BCUT2D eigenvalue weighted by atomic mass is 9.86. The van der Waals surface area contributed by atoms with E-state index < -0.39 is 5.97 Å². The predicted molar refractivity (Wildman–Crippen MR) is 105 cm³/mol. The molecule has 138 valence electrons. The Labute approximate surface area is 161 Å². The molecule has 0 bridgehead atoms. The van der Waals surface area contributed by atoms with E-state index in [0.29, 0.717) is 15.9 Å². The van der Waals surface area contributed by atoms with Crippen molar-refractivity contribution in [2.24, 2.45) is 0 Å². The first-order chi connectivity index (χ1) is 12.2. The second-order valence-corrected chi connectivity index (χ2v) is 7.68. The van der Waals surface area contributed by atoms with Gasteiger partial charge in [0, 0.05) is 4.47 Å². The number of rotatable bonds is 5. The van der Waals surface area contributed by atoms with Gasteiger partial charge in [0.05, 0.1) is 18.4 Å². The lowest BCUT2D eigenvalue weighted by molar-refractivity contribution is -0.118. The molecule has 2 aromatic rings. The summed E-state index contributed by atoms with van der Waals surface area (Å²) in [5.74, 6) is -0.221. The Morgan fingerprint density at radius 2 is 1.81 bits per heavy atom. The Hall–Kier alpha value is -2.34. The third kappa shape index (κ3) is 5.08. The van der Waals surface area contributed by atoms with Gasteiger partial charge in [0.15, 0.2) is 6.61 Å².